The molecule has 0 amide bonds. The molecule has 2 aromatic heterocycles. The molecule has 27 heavy (non-hydrogen) atoms. The first-order chi connectivity index (χ1) is 12.5. The van der Waals surface area contributed by atoms with E-state index < -0.39 is 52.4 Å². The number of H-pyrrole nitrogens is 2. The van der Waals surface area contributed by atoms with Gasteiger partial charge in [-0.2, -0.15) is 18.3 Å². The lowest BCUT2D eigenvalue weighted by Gasteiger charge is -2.15. The van der Waals surface area contributed by atoms with Crippen LogP contribution in [0.2, 0.25) is 0 Å². The molecular formula is C15H10F6N4O2. The molecule has 0 fully saturated rings. The molecule has 3 aromatic rings. The highest BCUT2D eigenvalue weighted by atomic mass is 19.4. The number of rotatable bonds is 3. The molecule has 0 unspecified atom stereocenters. The molecule has 1 atom stereocenters. The summed E-state index contributed by atoms with van der Waals surface area (Å²) in [6, 6.07) is 0.997. The van der Waals surface area contributed by atoms with Gasteiger partial charge in [-0.25, -0.2) is 22.6 Å². The molecule has 0 spiro atoms. The number of nitrogens with zero attached hydrogens (tertiary/aromatic N) is 2. The van der Waals surface area contributed by atoms with Gasteiger partial charge in [-0.3, -0.25) is 14.8 Å². The molecule has 2 heterocycles. The number of aromatic amines is 2. The second-order valence-corrected chi connectivity index (χ2v) is 5.68. The Kier molecular flexibility index (Phi) is 4.36. The van der Waals surface area contributed by atoms with Crippen molar-refractivity contribution in [3.63, 3.8) is 0 Å². The van der Waals surface area contributed by atoms with Gasteiger partial charge in [0.2, 0.25) is 0 Å². The fourth-order valence-electron chi connectivity index (χ4n) is 2.70. The molecule has 0 radical (unpaired) electrons. The Morgan fingerprint density at radius 3 is 2.37 bits per heavy atom. The number of hydrogen-bond donors (Lipinski definition) is 2. The van der Waals surface area contributed by atoms with Crippen molar-refractivity contribution in [3.05, 3.63) is 61.7 Å². The zero-order chi connectivity index (χ0) is 20.1. The van der Waals surface area contributed by atoms with Crippen molar-refractivity contribution < 1.29 is 26.3 Å². The third-order valence-electron chi connectivity index (χ3n) is 3.98. The van der Waals surface area contributed by atoms with Crippen molar-refractivity contribution >= 4 is 11.0 Å². The molecule has 144 valence electrons. The van der Waals surface area contributed by atoms with Gasteiger partial charge in [0.1, 0.15) is 22.5 Å². The van der Waals surface area contributed by atoms with Crippen LogP contribution in [0, 0.1) is 5.82 Å². The lowest BCUT2D eigenvalue weighted by Crippen LogP contribution is -2.23. The van der Waals surface area contributed by atoms with Crippen LogP contribution in [0.3, 0.4) is 0 Å². The highest BCUT2D eigenvalue weighted by Gasteiger charge is 2.34. The van der Waals surface area contributed by atoms with Crippen molar-refractivity contribution in [1.82, 2.24) is 19.7 Å². The molecule has 3 rings (SSSR count). The minimum atomic E-state index is -4.90. The van der Waals surface area contributed by atoms with Crippen LogP contribution >= 0.6 is 0 Å². The van der Waals surface area contributed by atoms with E-state index in [2.05, 4.69) is 10.1 Å². The summed E-state index contributed by atoms with van der Waals surface area (Å²) in [5, 5.41) is 3.03. The summed E-state index contributed by atoms with van der Waals surface area (Å²) in [4.78, 5) is 27.3. The smallest absolute Gasteiger partial charge is 0.291 e. The van der Waals surface area contributed by atoms with Crippen molar-refractivity contribution in [2.45, 2.75) is 25.6 Å². The van der Waals surface area contributed by atoms with Gasteiger partial charge in [0.15, 0.2) is 0 Å². The number of halogens is 6. The molecule has 0 aliphatic carbocycles. The Hall–Kier alpha value is -3.05. The largest absolute Gasteiger partial charge is 0.419 e. The minimum Gasteiger partial charge on any atom is -0.291 e. The normalized spacial score (nSPS) is 13.5. The maximum Gasteiger partial charge on any atom is 0.419 e. The number of aromatic nitrogens is 4. The maximum atomic E-state index is 13.8. The van der Waals surface area contributed by atoms with E-state index in [9.17, 15) is 35.9 Å². The maximum absolute atomic E-state index is 13.8. The predicted molar refractivity (Wildman–Crippen MR) is 81.1 cm³/mol. The first-order valence-corrected chi connectivity index (χ1v) is 7.40. The molecule has 1 aromatic carbocycles. The number of benzene rings is 1. The predicted octanol–water partition coefficient (Wildman–Crippen LogP) is 3.12. The standard InChI is InChI=1S/C15H10F6N4O2/c1-5(6-2-3-7(8(16)4-6)15(19,20)21)25-12-9(10(24-25)11(17)18)13(26)23-14(27)22-12/h2-5,11H,1H3,(H2,22,23,26,27)/t5-/m1/s1. The van der Waals surface area contributed by atoms with E-state index >= 15 is 0 Å². The highest BCUT2D eigenvalue weighted by molar-refractivity contribution is 5.77. The fraction of sp³-hybridized carbons (Fsp3) is 0.267. The molecule has 2 N–H and O–H groups in total. The summed E-state index contributed by atoms with van der Waals surface area (Å²) in [5.41, 5.74) is -4.87. The van der Waals surface area contributed by atoms with Crippen molar-refractivity contribution in [2.24, 2.45) is 0 Å². The molecule has 12 heteroatoms. The monoisotopic (exact) mass is 392 g/mol. The third kappa shape index (κ3) is 3.22. The average Bonchev–Trinajstić information content (AvgIpc) is 2.92. The van der Waals surface area contributed by atoms with Crippen LogP contribution < -0.4 is 11.2 Å². The molecular weight excluding hydrogens is 382 g/mol. The minimum absolute atomic E-state index is 0.0353. The number of nitrogens with one attached hydrogen (secondary N) is 2. The Balaban J connectivity index is 2.20. The van der Waals surface area contributed by atoms with Gasteiger partial charge in [0.05, 0.1) is 11.6 Å². The average molecular weight is 392 g/mol. The summed E-state index contributed by atoms with van der Waals surface area (Å²) in [6.07, 6.45) is -8.05. The number of hydrogen-bond acceptors (Lipinski definition) is 3. The number of fused-ring (bicyclic) bond motifs is 1. The van der Waals surface area contributed by atoms with Crippen LogP contribution in [0.4, 0.5) is 26.3 Å². The van der Waals surface area contributed by atoms with Gasteiger partial charge >= 0.3 is 11.9 Å². The zero-order valence-electron chi connectivity index (χ0n) is 13.4. The van der Waals surface area contributed by atoms with Crippen LogP contribution in [0.5, 0.6) is 0 Å². The zero-order valence-corrected chi connectivity index (χ0v) is 13.4. The van der Waals surface area contributed by atoms with E-state index in [4.69, 9.17) is 0 Å². The topological polar surface area (TPSA) is 83.5 Å². The van der Waals surface area contributed by atoms with E-state index in [1.807, 2.05) is 0 Å². The molecule has 0 saturated heterocycles. The summed E-state index contributed by atoms with van der Waals surface area (Å²) in [5.74, 6) is -1.55. The van der Waals surface area contributed by atoms with Gasteiger partial charge in [-0.1, -0.05) is 6.07 Å². The van der Waals surface area contributed by atoms with Gasteiger partial charge in [-0.05, 0) is 24.6 Å². The summed E-state index contributed by atoms with van der Waals surface area (Å²) in [6.45, 7) is 1.34. The molecule has 0 aliphatic heterocycles. The second kappa shape index (κ2) is 6.28. The van der Waals surface area contributed by atoms with Crippen LogP contribution in [0.25, 0.3) is 11.0 Å². The second-order valence-electron chi connectivity index (χ2n) is 5.68. The van der Waals surface area contributed by atoms with Crippen LogP contribution in [0.1, 0.15) is 36.2 Å². The lowest BCUT2D eigenvalue weighted by atomic mass is 10.1. The van der Waals surface area contributed by atoms with E-state index in [1.54, 1.807) is 4.98 Å². The van der Waals surface area contributed by atoms with Gasteiger partial charge in [-0.15, -0.1) is 0 Å². The van der Waals surface area contributed by atoms with Gasteiger partial charge in [0, 0.05) is 0 Å². The van der Waals surface area contributed by atoms with Gasteiger partial charge < -0.3 is 0 Å². The van der Waals surface area contributed by atoms with Crippen LogP contribution in [-0.4, -0.2) is 19.7 Å². The van der Waals surface area contributed by atoms with E-state index in [0.717, 1.165) is 10.7 Å². The third-order valence-corrected chi connectivity index (χ3v) is 3.98. The Bertz CT molecular complexity index is 1130. The molecule has 0 aliphatic rings. The van der Waals surface area contributed by atoms with E-state index in [1.165, 1.54) is 6.92 Å². The van der Waals surface area contributed by atoms with Crippen molar-refractivity contribution in [1.29, 1.82) is 0 Å². The fourth-order valence-corrected chi connectivity index (χ4v) is 2.70. The summed E-state index contributed by atoms with van der Waals surface area (Å²) in [7, 11) is 0. The molecule has 0 bridgehead atoms. The first kappa shape index (κ1) is 18.7. The summed E-state index contributed by atoms with van der Waals surface area (Å²) < 4.78 is 79.1. The molecule has 6 nitrogen and oxygen atoms in total. The Morgan fingerprint density at radius 2 is 1.81 bits per heavy atom. The van der Waals surface area contributed by atoms with Crippen LogP contribution in [-0.2, 0) is 6.18 Å². The SMILES string of the molecule is C[C@H](c1ccc(C(F)(F)F)c(F)c1)n1nc(C(F)F)c2c(=O)[nH]c(=O)[nH]c21. The Labute approximate surface area is 145 Å². The first-order valence-electron chi connectivity index (χ1n) is 7.40. The van der Waals surface area contributed by atoms with E-state index in [-0.39, 0.29) is 11.2 Å². The van der Waals surface area contributed by atoms with Gasteiger partial charge in [0.25, 0.3) is 12.0 Å². The molecule has 0 saturated carbocycles. The van der Waals surface area contributed by atoms with Crippen LogP contribution in [0.15, 0.2) is 27.8 Å². The van der Waals surface area contributed by atoms with Crippen molar-refractivity contribution in [3.8, 4) is 0 Å². The quantitative estimate of drug-likeness (QED) is 0.672. The van der Waals surface area contributed by atoms with E-state index in [0.29, 0.717) is 12.1 Å². The lowest BCUT2D eigenvalue weighted by molar-refractivity contribution is -0.140. The number of alkyl halides is 5. The Morgan fingerprint density at radius 1 is 1.15 bits per heavy atom. The summed E-state index contributed by atoms with van der Waals surface area (Å²) >= 11 is 0. The van der Waals surface area contributed by atoms with Crippen molar-refractivity contribution in [2.75, 3.05) is 0 Å². The highest BCUT2D eigenvalue weighted by Crippen LogP contribution is 2.33.